The average Bonchev–Trinajstić information content (AvgIpc) is 2.92. The van der Waals surface area contributed by atoms with Crippen molar-refractivity contribution in [2.75, 3.05) is 7.11 Å². The molecule has 0 spiro atoms. The van der Waals surface area contributed by atoms with Gasteiger partial charge >= 0.3 is 5.97 Å². The third-order valence-corrected chi connectivity index (χ3v) is 11.4. The van der Waals surface area contributed by atoms with Crippen LogP contribution in [-0.2, 0) is 18.8 Å². The Kier molecular flexibility index (Phi) is 10.5. The van der Waals surface area contributed by atoms with E-state index in [1.165, 1.54) is 7.11 Å². The van der Waals surface area contributed by atoms with Gasteiger partial charge in [0.1, 0.15) is 5.78 Å². The summed E-state index contributed by atoms with van der Waals surface area (Å²) in [6.45, 7) is 13.3. The number of methoxy groups -OCH3 is 1. The first-order valence-electron chi connectivity index (χ1n) is 11.4. The van der Waals surface area contributed by atoms with Crippen molar-refractivity contribution in [3.8, 4) is 0 Å². The molecule has 1 aliphatic carbocycles. The monoisotopic (exact) mass is 428 g/mol. The summed E-state index contributed by atoms with van der Waals surface area (Å²) in [5.74, 6) is -0.225. The Labute approximate surface area is 179 Å². The quantitative estimate of drug-likeness (QED) is 0.261. The summed E-state index contributed by atoms with van der Waals surface area (Å²) in [4.78, 5) is 24.1. The molecular formula is C23H44O5Si. The first-order chi connectivity index (χ1) is 13.4. The zero-order valence-corrected chi connectivity index (χ0v) is 20.8. The van der Waals surface area contributed by atoms with Crippen molar-refractivity contribution in [3.63, 3.8) is 0 Å². The van der Waals surface area contributed by atoms with Gasteiger partial charge in [0.25, 0.3) is 0 Å². The van der Waals surface area contributed by atoms with Crippen LogP contribution in [-0.4, -0.2) is 44.5 Å². The van der Waals surface area contributed by atoms with Crippen molar-refractivity contribution in [2.24, 2.45) is 11.8 Å². The van der Waals surface area contributed by atoms with Crippen molar-refractivity contribution in [2.45, 2.75) is 116 Å². The van der Waals surface area contributed by atoms with Crippen molar-refractivity contribution in [1.29, 1.82) is 0 Å². The van der Waals surface area contributed by atoms with Crippen LogP contribution in [0.25, 0.3) is 0 Å². The largest absolute Gasteiger partial charge is 0.469 e. The van der Waals surface area contributed by atoms with E-state index in [1.54, 1.807) is 0 Å². The Morgan fingerprint density at radius 2 is 1.86 bits per heavy atom. The highest BCUT2D eigenvalue weighted by atomic mass is 28.4. The molecule has 5 nitrogen and oxygen atoms in total. The smallest absolute Gasteiger partial charge is 0.305 e. The highest BCUT2D eigenvalue weighted by Gasteiger charge is 2.49. The summed E-state index contributed by atoms with van der Waals surface area (Å²) in [7, 11) is -0.574. The lowest BCUT2D eigenvalue weighted by Gasteiger charge is -2.40. The van der Waals surface area contributed by atoms with E-state index in [4.69, 9.17) is 4.43 Å². The molecular weight excluding hydrogens is 384 g/mol. The molecule has 0 aromatic carbocycles. The zero-order chi connectivity index (χ0) is 22.2. The maximum Gasteiger partial charge on any atom is 0.305 e. The molecule has 0 aromatic heterocycles. The van der Waals surface area contributed by atoms with Crippen molar-refractivity contribution in [3.05, 3.63) is 0 Å². The lowest BCUT2D eigenvalue weighted by molar-refractivity contribution is -0.140. The molecule has 6 heteroatoms. The van der Waals surface area contributed by atoms with Crippen LogP contribution in [0.2, 0.25) is 18.1 Å². The number of ether oxygens (including phenoxy) is 1. The number of esters is 1. The van der Waals surface area contributed by atoms with Gasteiger partial charge in [0.05, 0.1) is 19.3 Å². The second-order valence-corrected chi connectivity index (χ2v) is 14.9. The molecule has 0 bridgehead atoms. The normalized spacial score (nSPS) is 24.0. The lowest BCUT2D eigenvalue weighted by Crippen LogP contribution is -2.45. The van der Waals surface area contributed by atoms with Crippen LogP contribution in [0.5, 0.6) is 0 Å². The van der Waals surface area contributed by atoms with E-state index in [0.717, 1.165) is 38.5 Å². The second-order valence-electron chi connectivity index (χ2n) is 10.2. The fourth-order valence-electron chi connectivity index (χ4n) is 4.03. The third kappa shape index (κ3) is 7.80. The molecule has 1 saturated carbocycles. The minimum absolute atomic E-state index is 0.0612. The Balaban J connectivity index is 2.73. The van der Waals surface area contributed by atoms with Crippen LogP contribution in [0.1, 0.15) is 85.5 Å². The molecule has 29 heavy (non-hydrogen) atoms. The van der Waals surface area contributed by atoms with Crippen LogP contribution in [0.4, 0.5) is 0 Å². The van der Waals surface area contributed by atoms with Crippen LogP contribution in [0, 0.1) is 11.8 Å². The van der Waals surface area contributed by atoms with Gasteiger partial charge in [0, 0.05) is 18.8 Å². The molecule has 1 rings (SSSR count). The summed E-state index contributed by atoms with van der Waals surface area (Å²) < 4.78 is 11.3. The number of aliphatic hydroxyl groups excluding tert-OH is 1. The molecule has 0 aromatic rings. The van der Waals surface area contributed by atoms with E-state index in [9.17, 15) is 14.7 Å². The van der Waals surface area contributed by atoms with Gasteiger partial charge in [-0.15, -0.1) is 0 Å². The molecule has 0 radical (unpaired) electrons. The predicted molar refractivity (Wildman–Crippen MR) is 119 cm³/mol. The number of unbranched alkanes of at least 4 members (excludes halogenated alkanes) is 3. The van der Waals surface area contributed by atoms with E-state index in [2.05, 4.69) is 45.5 Å². The van der Waals surface area contributed by atoms with Gasteiger partial charge in [-0.2, -0.15) is 0 Å². The van der Waals surface area contributed by atoms with Crippen LogP contribution in [0.15, 0.2) is 0 Å². The summed E-state index contributed by atoms with van der Waals surface area (Å²) in [5, 5.41) is 11.0. The number of carbonyl (C=O) groups excluding carboxylic acids is 2. The van der Waals surface area contributed by atoms with Gasteiger partial charge in [-0.1, -0.05) is 53.4 Å². The second kappa shape index (κ2) is 11.6. The van der Waals surface area contributed by atoms with Gasteiger partial charge in [-0.05, 0) is 43.3 Å². The minimum Gasteiger partial charge on any atom is -0.469 e. The van der Waals surface area contributed by atoms with E-state index in [-0.39, 0.29) is 34.7 Å². The zero-order valence-electron chi connectivity index (χ0n) is 19.8. The van der Waals surface area contributed by atoms with Crippen LogP contribution >= 0.6 is 0 Å². The number of aliphatic hydroxyl groups is 1. The molecule has 170 valence electrons. The van der Waals surface area contributed by atoms with Gasteiger partial charge in [-0.3, -0.25) is 9.59 Å². The Morgan fingerprint density at radius 1 is 1.21 bits per heavy atom. The van der Waals surface area contributed by atoms with E-state index in [1.807, 2.05) is 0 Å². The first-order valence-corrected chi connectivity index (χ1v) is 14.3. The lowest BCUT2D eigenvalue weighted by atomic mass is 9.83. The van der Waals surface area contributed by atoms with E-state index in [0.29, 0.717) is 19.3 Å². The first kappa shape index (κ1) is 26.3. The maximum absolute atomic E-state index is 12.9. The number of rotatable bonds is 12. The number of carbonyl (C=O) groups is 2. The molecule has 1 fully saturated rings. The van der Waals surface area contributed by atoms with Crippen LogP contribution < -0.4 is 0 Å². The highest BCUT2D eigenvalue weighted by molar-refractivity contribution is 6.74. The van der Waals surface area contributed by atoms with Crippen molar-refractivity contribution >= 4 is 20.1 Å². The SMILES string of the molecule is CCCCC1C(O[Si](C)(C)C(C)(C)C)CC(=O)C1C(O)CCCCCC(=O)OC. The fourth-order valence-corrected chi connectivity index (χ4v) is 5.40. The maximum atomic E-state index is 12.9. The van der Waals surface area contributed by atoms with Gasteiger partial charge in [-0.25, -0.2) is 0 Å². The van der Waals surface area contributed by atoms with Gasteiger partial charge < -0.3 is 14.3 Å². The summed E-state index contributed by atoms with van der Waals surface area (Å²) >= 11 is 0. The summed E-state index contributed by atoms with van der Waals surface area (Å²) in [6, 6.07) is 0. The predicted octanol–water partition coefficient (Wildman–Crippen LogP) is 5.26. The number of hydrogen-bond acceptors (Lipinski definition) is 5. The van der Waals surface area contributed by atoms with Crippen LogP contribution in [0.3, 0.4) is 0 Å². The standard InChI is InChI=1S/C23H44O5Si/c1-8-9-13-17-20(28-29(6,7)23(2,3)4)16-19(25)22(17)18(24)14-11-10-12-15-21(26)27-5/h17-18,20,22,24H,8-16H2,1-7H3. The molecule has 0 saturated heterocycles. The minimum atomic E-state index is -1.97. The van der Waals surface area contributed by atoms with Crippen molar-refractivity contribution < 1.29 is 23.9 Å². The summed E-state index contributed by atoms with van der Waals surface area (Å²) in [6.07, 6.45) is 6.27. The van der Waals surface area contributed by atoms with E-state index < -0.39 is 14.4 Å². The Morgan fingerprint density at radius 3 is 2.41 bits per heavy atom. The Hall–Kier alpha value is -0.723. The molecule has 4 unspecified atom stereocenters. The molecule has 1 N–H and O–H groups in total. The van der Waals surface area contributed by atoms with Gasteiger partial charge in [0.15, 0.2) is 8.32 Å². The fraction of sp³-hybridized carbons (Fsp3) is 0.913. The Bertz CT molecular complexity index is 526. The molecule has 0 aliphatic heterocycles. The number of hydrogen-bond donors (Lipinski definition) is 1. The third-order valence-electron chi connectivity index (χ3n) is 6.88. The number of Topliss-reactive ketones (excluding diaryl/α,β-unsaturated/α-hetero) is 1. The van der Waals surface area contributed by atoms with Crippen molar-refractivity contribution in [1.82, 2.24) is 0 Å². The molecule has 1 aliphatic rings. The molecule has 4 atom stereocenters. The van der Waals surface area contributed by atoms with Gasteiger partial charge in [0.2, 0.25) is 0 Å². The topological polar surface area (TPSA) is 72.8 Å². The molecule has 0 heterocycles. The summed E-state index contributed by atoms with van der Waals surface area (Å²) in [5.41, 5.74) is 0. The molecule has 0 amide bonds. The van der Waals surface area contributed by atoms with E-state index >= 15 is 0 Å². The number of ketones is 1. The average molecular weight is 429 g/mol. The highest BCUT2D eigenvalue weighted by Crippen LogP contribution is 2.44.